The molecule has 0 spiro atoms. The van der Waals surface area contributed by atoms with Crippen LogP contribution in [-0.2, 0) is 43.7 Å². The van der Waals surface area contributed by atoms with Crippen LogP contribution in [0.25, 0.3) is 22.3 Å². The fourth-order valence-corrected chi connectivity index (χ4v) is 22.2. The molecule has 2 aliphatic carbocycles. The van der Waals surface area contributed by atoms with Crippen molar-refractivity contribution in [3.63, 3.8) is 0 Å². The Bertz CT molecular complexity index is 1910. The molecule has 252 valence electrons. The first-order valence-corrected chi connectivity index (χ1v) is 29.1. The van der Waals surface area contributed by atoms with Gasteiger partial charge in [0.2, 0.25) is 0 Å². The molecule has 0 saturated heterocycles. The molecule has 0 saturated carbocycles. The minimum atomic E-state index is -2.38. The Morgan fingerprint density at radius 2 is 0.840 bits per heavy atom. The van der Waals surface area contributed by atoms with Crippen LogP contribution in [0.1, 0.15) is 36.1 Å². The summed E-state index contributed by atoms with van der Waals surface area (Å²) in [5.41, 5.74) is 10.6. The van der Waals surface area contributed by atoms with E-state index in [2.05, 4.69) is 111 Å². The number of hydrogen-bond donors (Lipinski definition) is 0. The molecule has 0 nitrogen and oxygen atoms in total. The Balaban J connectivity index is 0.000000130. The third-order valence-electron chi connectivity index (χ3n) is 9.11. The molecule has 0 heterocycles. The SMILES string of the molecule is C[C-]1Cc2cccc(-c3ccccc3)c2C1.C[C-]1Cc2cccc(-c3ccccc3)c2C1.Clc1ccc([Si](c2ccc(Cl)cc2)=[Zr]([Cl])[Cl])cc1. The molecule has 0 unspecified atom stereocenters. The van der Waals surface area contributed by atoms with Crippen molar-refractivity contribution in [2.75, 3.05) is 0 Å². The topological polar surface area (TPSA) is 0 Å². The molecule has 0 bridgehead atoms. The van der Waals surface area contributed by atoms with Gasteiger partial charge in [-0.3, -0.25) is 0 Å². The predicted molar refractivity (Wildman–Crippen MR) is 216 cm³/mol. The fourth-order valence-electron chi connectivity index (χ4n) is 6.79. The molecule has 6 heteroatoms. The Labute approximate surface area is 322 Å². The number of halogens is 4. The summed E-state index contributed by atoms with van der Waals surface area (Å²) in [6.45, 7) is 4.52. The third-order valence-corrected chi connectivity index (χ3v) is 25.6. The summed E-state index contributed by atoms with van der Waals surface area (Å²) in [7, 11) is 12.7. The standard InChI is InChI=1S/2C16H15.C12H8Cl2Si.2ClH.Zr/c2*1-12-10-14-8-5-9-15(16(14)11-12)13-6-3-2-4-7-13;13-9-1-5-11(6-2-9)15-12-7-3-10(14)4-8-12;;;/h2*2-9H,10-11H2,1H3;1-8H;2*1H;/q2*-1;;;;+2/p-2. The van der Waals surface area contributed by atoms with Crippen LogP contribution in [0.2, 0.25) is 10.0 Å². The van der Waals surface area contributed by atoms with Gasteiger partial charge < -0.3 is 11.8 Å². The summed E-state index contributed by atoms with van der Waals surface area (Å²) in [4.78, 5) is 0. The van der Waals surface area contributed by atoms with Crippen LogP contribution in [0.5, 0.6) is 0 Å². The maximum absolute atomic E-state index is 6.33. The summed E-state index contributed by atoms with van der Waals surface area (Å²) < 4.78 is 0. The van der Waals surface area contributed by atoms with Gasteiger partial charge in [0, 0.05) is 0 Å². The van der Waals surface area contributed by atoms with E-state index >= 15 is 0 Å². The molecule has 0 atom stereocenters. The van der Waals surface area contributed by atoms with E-state index in [-0.39, 0.29) is 0 Å². The fraction of sp³-hybridized carbons (Fsp3) is 0.136. The van der Waals surface area contributed by atoms with Crippen molar-refractivity contribution in [3.05, 3.63) is 190 Å². The zero-order chi connectivity index (χ0) is 35.0. The van der Waals surface area contributed by atoms with E-state index < -0.39 is 23.4 Å². The minimum absolute atomic E-state index is 0.727. The van der Waals surface area contributed by atoms with E-state index in [1.165, 1.54) is 54.9 Å². The van der Waals surface area contributed by atoms with Crippen molar-refractivity contribution < 1.29 is 18.0 Å². The van der Waals surface area contributed by atoms with Crippen LogP contribution in [0, 0.1) is 11.8 Å². The van der Waals surface area contributed by atoms with Gasteiger partial charge in [0.05, 0.1) is 0 Å². The van der Waals surface area contributed by atoms with Gasteiger partial charge in [-0.1, -0.05) is 119 Å². The van der Waals surface area contributed by atoms with Crippen molar-refractivity contribution >= 4 is 56.0 Å². The summed E-state index contributed by atoms with van der Waals surface area (Å²) in [6, 6.07) is 50.4. The first-order chi connectivity index (χ1) is 24.3. The summed E-state index contributed by atoms with van der Waals surface area (Å²) >= 11 is 9.43. The van der Waals surface area contributed by atoms with Gasteiger partial charge in [-0.05, 0) is 22.3 Å². The Morgan fingerprint density at radius 3 is 1.20 bits per heavy atom. The van der Waals surface area contributed by atoms with Crippen LogP contribution in [0.15, 0.2) is 146 Å². The van der Waals surface area contributed by atoms with Gasteiger partial charge in [-0.2, -0.15) is 39.5 Å². The number of benzene rings is 6. The third kappa shape index (κ3) is 9.51. The van der Waals surface area contributed by atoms with Crippen LogP contribution < -0.4 is 10.4 Å². The maximum atomic E-state index is 6.33. The predicted octanol–water partition coefficient (Wildman–Crippen LogP) is 12.1. The van der Waals surface area contributed by atoms with E-state index in [1.54, 1.807) is 11.8 Å². The average molecular weight is 828 g/mol. The van der Waals surface area contributed by atoms with Gasteiger partial charge in [-0.25, -0.2) is 0 Å². The van der Waals surface area contributed by atoms with Crippen molar-refractivity contribution in [1.82, 2.24) is 0 Å². The second-order valence-corrected chi connectivity index (χ2v) is 33.0. The number of fused-ring (bicyclic) bond motifs is 2. The molecular weight excluding hydrogens is 790 g/mol. The zero-order valence-corrected chi connectivity index (χ0v) is 34.7. The molecule has 50 heavy (non-hydrogen) atoms. The molecule has 0 N–H and O–H groups in total. The van der Waals surface area contributed by atoms with Gasteiger partial charge in [0.25, 0.3) is 0 Å². The van der Waals surface area contributed by atoms with Gasteiger partial charge in [0.1, 0.15) is 0 Å². The van der Waals surface area contributed by atoms with E-state index in [1.807, 2.05) is 48.5 Å². The molecule has 0 amide bonds. The van der Waals surface area contributed by atoms with E-state index in [0.717, 1.165) is 35.7 Å². The van der Waals surface area contributed by atoms with Crippen LogP contribution >= 0.6 is 40.2 Å². The van der Waals surface area contributed by atoms with Crippen LogP contribution in [-0.4, -0.2) is 5.43 Å². The molecule has 8 rings (SSSR count). The number of hydrogen-bond acceptors (Lipinski definition) is 0. The average Bonchev–Trinajstić information content (AvgIpc) is 3.72. The van der Waals surface area contributed by atoms with E-state index in [0.29, 0.717) is 0 Å². The van der Waals surface area contributed by atoms with Crippen molar-refractivity contribution in [1.29, 1.82) is 0 Å². The van der Waals surface area contributed by atoms with Crippen molar-refractivity contribution in [2.45, 2.75) is 39.5 Å². The quantitative estimate of drug-likeness (QED) is 0.123. The Hall–Kier alpha value is -2.42. The molecule has 0 fully saturated rings. The molecule has 0 radical (unpaired) electrons. The van der Waals surface area contributed by atoms with Gasteiger partial charge in [0.15, 0.2) is 0 Å². The monoisotopic (exact) mass is 824 g/mol. The van der Waals surface area contributed by atoms with Gasteiger partial charge in [-0.15, -0.1) is 0 Å². The van der Waals surface area contributed by atoms with Crippen LogP contribution in [0.3, 0.4) is 0 Å². The van der Waals surface area contributed by atoms with Crippen molar-refractivity contribution in [2.24, 2.45) is 0 Å². The normalized spacial score (nSPS) is 13.3. The first-order valence-electron chi connectivity index (χ1n) is 16.8. The van der Waals surface area contributed by atoms with Crippen molar-refractivity contribution in [3.8, 4) is 22.3 Å². The molecule has 2 aliphatic rings. The van der Waals surface area contributed by atoms with Crippen LogP contribution in [0.4, 0.5) is 0 Å². The summed E-state index contributed by atoms with van der Waals surface area (Å²) in [5, 5.41) is 3.88. The summed E-state index contributed by atoms with van der Waals surface area (Å²) in [6.07, 6.45) is 4.63. The van der Waals surface area contributed by atoms with E-state index in [4.69, 9.17) is 40.2 Å². The second kappa shape index (κ2) is 17.9. The van der Waals surface area contributed by atoms with Gasteiger partial charge >= 0.3 is 133 Å². The van der Waals surface area contributed by atoms with E-state index in [9.17, 15) is 0 Å². The zero-order valence-electron chi connectivity index (χ0n) is 28.2. The first kappa shape index (κ1) is 37.3. The Kier molecular flexibility index (Phi) is 13.3. The second-order valence-electron chi connectivity index (χ2n) is 12.9. The summed E-state index contributed by atoms with van der Waals surface area (Å²) in [5.74, 6) is 3.16. The Morgan fingerprint density at radius 1 is 0.460 bits per heavy atom. The number of rotatable bonds is 4. The molecule has 0 aliphatic heterocycles. The molecular formula is C44H38Cl4SiZr-2. The molecule has 6 aromatic rings. The molecule has 0 aromatic heterocycles. The molecule has 6 aromatic carbocycles.